The van der Waals surface area contributed by atoms with Crippen molar-refractivity contribution in [2.75, 3.05) is 55.1 Å². The molecule has 1 fully saturated rings. The quantitative estimate of drug-likeness (QED) is 0.110. The zero-order valence-corrected chi connectivity index (χ0v) is 29.2. The largest absolute Gasteiger partial charge is 0.400 e. The second kappa shape index (κ2) is 31.1. The predicted octanol–water partition coefficient (Wildman–Crippen LogP) is 5.69. The van der Waals surface area contributed by atoms with Gasteiger partial charge in [0, 0.05) is 52.6 Å². The van der Waals surface area contributed by atoms with Crippen LogP contribution >= 0.6 is 8.60 Å². The third kappa shape index (κ3) is 18.1. The summed E-state index contributed by atoms with van der Waals surface area (Å²) in [7, 11) is 5.62. The van der Waals surface area contributed by atoms with Crippen molar-refractivity contribution in [2.24, 2.45) is 0 Å². The molecule has 10 nitrogen and oxygen atoms in total. The number of fused-ring (bicyclic) bond motifs is 1. The Kier molecular flexibility index (Phi) is 31.4. The maximum absolute atomic E-state index is 11.7. The zero-order valence-electron chi connectivity index (χ0n) is 28.3. The summed E-state index contributed by atoms with van der Waals surface area (Å²) in [6, 6.07) is 19.2. The van der Waals surface area contributed by atoms with E-state index in [4.69, 9.17) is 10.00 Å². The van der Waals surface area contributed by atoms with Crippen LogP contribution in [0.4, 0.5) is 0 Å². The van der Waals surface area contributed by atoms with E-state index in [9.17, 15) is 14.4 Å². The molecule has 1 saturated heterocycles. The minimum absolute atomic E-state index is 0.0876. The number of rotatable bonds is 7. The summed E-state index contributed by atoms with van der Waals surface area (Å²) < 4.78 is 8.59. The van der Waals surface area contributed by atoms with E-state index < -0.39 is 8.60 Å². The van der Waals surface area contributed by atoms with E-state index in [1.54, 1.807) is 26.2 Å². The number of aliphatic hydroxyl groups excluding tert-OH is 1. The molecule has 0 unspecified atom stereocenters. The Morgan fingerprint density at radius 1 is 0.891 bits per heavy atom. The first-order valence-corrected chi connectivity index (χ1v) is 15.6. The summed E-state index contributed by atoms with van der Waals surface area (Å²) in [5.41, 5.74) is 3.46. The first-order chi connectivity index (χ1) is 22.4. The number of nitrogens with one attached hydrogen (secondary N) is 2. The highest BCUT2D eigenvalue weighted by molar-refractivity contribution is 7.40. The lowest BCUT2D eigenvalue weighted by molar-refractivity contribution is -0.129. The molecule has 4 rings (SSSR count). The van der Waals surface area contributed by atoms with Gasteiger partial charge in [0.1, 0.15) is 6.29 Å². The van der Waals surface area contributed by atoms with E-state index in [0.717, 1.165) is 48.4 Å². The van der Waals surface area contributed by atoms with Gasteiger partial charge in [0.15, 0.2) is 0 Å². The fraction of sp³-hybridized carbons (Fsp3) is 0.343. The zero-order chi connectivity index (χ0) is 35.9. The molecule has 3 aromatic carbocycles. The minimum Gasteiger partial charge on any atom is -0.400 e. The number of terminal acetylenes is 1. The number of benzene rings is 3. The highest BCUT2D eigenvalue weighted by Crippen LogP contribution is 2.28. The second-order valence-corrected chi connectivity index (χ2v) is 9.52. The minimum atomic E-state index is -1.58. The lowest BCUT2D eigenvalue weighted by atomic mass is 9.99. The third-order valence-corrected chi connectivity index (χ3v) is 6.43. The van der Waals surface area contributed by atoms with Crippen molar-refractivity contribution >= 4 is 37.5 Å². The van der Waals surface area contributed by atoms with Gasteiger partial charge < -0.3 is 34.6 Å². The van der Waals surface area contributed by atoms with Crippen molar-refractivity contribution in [1.29, 1.82) is 0 Å². The van der Waals surface area contributed by atoms with Gasteiger partial charge >= 0.3 is 8.60 Å². The third-order valence-electron chi connectivity index (χ3n) is 5.81. The van der Waals surface area contributed by atoms with Crippen LogP contribution in [0.15, 0.2) is 73.8 Å². The standard InChI is InChI=1S/C19H15NO2.C7H14N2O.C2H7O3P.C2H6.C2H4.C2H2.CH4O/c1-20-19(22)18-9-8-16-10-15(6-7-17(16)11-18)14-4-2-13(12-21)3-5-14;1-8-6-7(10)9-4-2-3-5-9;1-4-6(3)5-2;4*1-2/h2-12H,1H3,(H,20,22);8H,2-6H2,1H3;3H,1-2H3;1-2H3;1-2H2;1-2H;2H,1H3. The topological polar surface area (TPSA) is 137 Å². The molecule has 3 aromatic rings. The summed E-state index contributed by atoms with van der Waals surface area (Å²) in [5, 5.41) is 14.6. The number of aliphatic hydroxyl groups is 1. The highest BCUT2D eigenvalue weighted by atomic mass is 31.2. The van der Waals surface area contributed by atoms with E-state index in [-0.39, 0.29) is 11.8 Å². The van der Waals surface area contributed by atoms with Gasteiger partial charge in [-0.2, -0.15) is 0 Å². The van der Waals surface area contributed by atoms with Gasteiger partial charge in [-0.15, -0.1) is 26.0 Å². The van der Waals surface area contributed by atoms with Crippen molar-refractivity contribution in [1.82, 2.24) is 15.5 Å². The molecule has 0 spiro atoms. The Balaban J connectivity index is -0.000000642. The SMILES string of the molecule is C#C.C=C.CC.CNC(=O)c1ccc2cc(-c3ccc(C=O)cc3)ccc2c1.CNCC(=O)N1CCCC1.CO.COP(O)OC. The molecule has 0 radical (unpaired) electrons. The van der Waals surface area contributed by atoms with Gasteiger partial charge in [0.25, 0.3) is 5.91 Å². The fourth-order valence-electron chi connectivity index (χ4n) is 3.77. The molecule has 1 heterocycles. The van der Waals surface area contributed by atoms with Crippen LogP contribution in [-0.2, 0) is 13.8 Å². The monoisotopic (exact) mass is 657 g/mol. The molecule has 11 heteroatoms. The van der Waals surface area contributed by atoms with Crippen LogP contribution in [0.5, 0.6) is 0 Å². The van der Waals surface area contributed by atoms with E-state index in [0.29, 0.717) is 17.7 Å². The van der Waals surface area contributed by atoms with Gasteiger partial charge in [-0.25, -0.2) is 0 Å². The summed E-state index contributed by atoms with van der Waals surface area (Å²) in [4.78, 5) is 43.7. The molecule has 0 bridgehead atoms. The molecule has 46 heavy (non-hydrogen) atoms. The van der Waals surface area contributed by atoms with E-state index >= 15 is 0 Å². The Hall–Kier alpha value is -3.94. The Bertz CT molecular complexity index is 1240. The van der Waals surface area contributed by atoms with Gasteiger partial charge in [0.2, 0.25) is 5.91 Å². The Labute approximate surface area is 276 Å². The number of nitrogens with zero attached hydrogens (tertiary/aromatic N) is 1. The first kappa shape index (κ1) is 46.5. The first-order valence-electron chi connectivity index (χ1n) is 14.5. The maximum Gasteiger partial charge on any atom is 0.329 e. The molecular weight excluding hydrogens is 605 g/mol. The van der Waals surface area contributed by atoms with Crippen LogP contribution in [0.2, 0.25) is 0 Å². The van der Waals surface area contributed by atoms with Crippen LogP contribution in [0, 0.1) is 12.8 Å². The van der Waals surface area contributed by atoms with Crippen molar-refractivity contribution in [3.63, 3.8) is 0 Å². The molecule has 0 saturated carbocycles. The molecule has 0 aliphatic carbocycles. The highest BCUT2D eigenvalue weighted by Gasteiger charge is 2.16. The molecule has 2 amide bonds. The maximum atomic E-state index is 11.7. The molecule has 254 valence electrons. The molecule has 1 aliphatic rings. The van der Waals surface area contributed by atoms with Gasteiger partial charge in [-0.1, -0.05) is 56.3 Å². The summed E-state index contributed by atoms with van der Waals surface area (Å²) >= 11 is 0. The number of carbonyl (C=O) groups is 3. The average Bonchev–Trinajstić information content (AvgIpc) is 3.70. The smallest absolute Gasteiger partial charge is 0.329 e. The lowest BCUT2D eigenvalue weighted by Gasteiger charge is -2.13. The summed E-state index contributed by atoms with van der Waals surface area (Å²) in [6.45, 7) is 12.4. The normalized spacial score (nSPS) is 10.6. The van der Waals surface area contributed by atoms with Crippen LogP contribution in [0.3, 0.4) is 0 Å². The number of amides is 2. The van der Waals surface area contributed by atoms with Crippen LogP contribution in [-0.4, -0.2) is 88.1 Å². The van der Waals surface area contributed by atoms with Crippen molar-refractivity contribution in [3.8, 4) is 24.0 Å². The fourth-order valence-corrected chi connectivity index (χ4v) is 3.92. The number of carbonyl (C=O) groups excluding carboxylic acids is 3. The van der Waals surface area contributed by atoms with Crippen molar-refractivity contribution in [2.45, 2.75) is 26.7 Å². The Morgan fingerprint density at radius 2 is 1.37 bits per heavy atom. The van der Waals surface area contributed by atoms with E-state index in [1.807, 2.05) is 61.2 Å². The van der Waals surface area contributed by atoms with E-state index in [2.05, 4.69) is 51.8 Å². The summed E-state index contributed by atoms with van der Waals surface area (Å²) in [5.74, 6) is 0.149. The van der Waals surface area contributed by atoms with Gasteiger partial charge in [-0.05, 0) is 60.0 Å². The molecule has 0 atom stereocenters. The van der Waals surface area contributed by atoms with Crippen molar-refractivity contribution < 1.29 is 33.4 Å². The predicted molar refractivity (Wildman–Crippen MR) is 192 cm³/mol. The summed E-state index contributed by atoms with van der Waals surface area (Å²) in [6.07, 6.45) is 11.2. The lowest BCUT2D eigenvalue weighted by Crippen LogP contribution is -2.34. The number of likely N-dealkylation sites (N-methyl/N-ethyl adjacent to an activating group) is 1. The van der Waals surface area contributed by atoms with Crippen LogP contribution in [0.25, 0.3) is 21.9 Å². The number of aldehydes is 1. The van der Waals surface area contributed by atoms with Gasteiger partial charge in [-0.3, -0.25) is 14.4 Å². The van der Waals surface area contributed by atoms with Crippen molar-refractivity contribution in [3.05, 3.63) is 84.9 Å². The molecular formula is C35H52N3O7P. The molecule has 0 aromatic heterocycles. The number of hydrogen-bond donors (Lipinski definition) is 4. The molecule has 4 N–H and O–H groups in total. The van der Waals surface area contributed by atoms with E-state index in [1.165, 1.54) is 27.1 Å². The van der Waals surface area contributed by atoms with Gasteiger partial charge in [0.05, 0.1) is 6.54 Å². The Morgan fingerprint density at radius 3 is 1.80 bits per heavy atom. The van der Waals surface area contributed by atoms with Crippen LogP contribution < -0.4 is 10.6 Å². The second-order valence-electron chi connectivity index (χ2n) is 8.32. The number of hydrogen-bond acceptors (Lipinski definition) is 8. The number of likely N-dealkylation sites (tertiary alicyclic amines) is 1. The van der Waals surface area contributed by atoms with Crippen LogP contribution in [0.1, 0.15) is 47.4 Å². The average molecular weight is 658 g/mol. The molecule has 1 aliphatic heterocycles.